The highest BCUT2D eigenvalue weighted by Crippen LogP contribution is 2.46. The minimum absolute atomic E-state index is 0.0921. The Kier molecular flexibility index (Phi) is 10.0. The van der Waals surface area contributed by atoms with Gasteiger partial charge in [0.25, 0.3) is 11.8 Å². The molecule has 2 atom stereocenters. The molecule has 14 heteroatoms. The summed E-state index contributed by atoms with van der Waals surface area (Å²) in [6.45, 7) is 10.4. The number of halogens is 1. The van der Waals surface area contributed by atoms with Crippen molar-refractivity contribution in [3.8, 4) is 6.07 Å². The molecule has 13 nitrogen and oxygen atoms in total. The lowest BCUT2D eigenvalue weighted by molar-refractivity contribution is -0.139. The lowest BCUT2D eigenvalue weighted by Gasteiger charge is -2.49. The van der Waals surface area contributed by atoms with E-state index in [4.69, 9.17) is 11.6 Å². The molecule has 7 aliphatic rings. The first-order valence-electron chi connectivity index (χ1n) is 20.8. The molecule has 6 heterocycles. The van der Waals surface area contributed by atoms with Gasteiger partial charge in [-0.2, -0.15) is 5.26 Å². The summed E-state index contributed by atoms with van der Waals surface area (Å²) in [6, 6.07) is 13.7. The van der Waals surface area contributed by atoms with Crippen LogP contribution in [0.3, 0.4) is 0 Å². The van der Waals surface area contributed by atoms with E-state index in [2.05, 4.69) is 42.8 Å². The summed E-state index contributed by atoms with van der Waals surface area (Å²) in [7, 11) is 0. The van der Waals surface area contributed by atoms with E-state index in [0.717, 1.165) is 101 Å². The Morgan fingerprint density at radius 3 is 2.19 bits per heavy atom. The summed E-state index contributed by atoms with van der Waals surface area (Å²) >= 11 is 6.39. The number of amides is 5. The molecule has 57 heavy (non-hydrogen) atoms. The van der Waals surface area contributed by atoms with E-state index in [-0.39, 0.29) is 18.8 Å². The van der Waals surface area contributed by atoms with Gasteiger partial charge in [-0.15, -0.1) is 0 Å². The third-order valence-corrected chi connectivity index (χ3v) is 14.7. The van der Waals surface area contributed by atoms with Gasteiger partial charge in [0.1, 0.15) is 12.1 Å². The zero-order valence-corrected chi connectivity index (χ0v) is 33.4. The van der Waals surface area contributed by atoms with Gasteiger partial charge in [0.05, 0.1) is 21.7 Å². The van der Waals surface area contributed by atoms with E-state index in [1.54, 1.807) is 12.1 Å². The normalized spacial score (nSPS) is 28.4. The monoisotopic (exact) mass is 794 g/mol. The number of imide groups is 2. The molecule has 2 unspecified atom stereocenters. The molecule has 0 bridgehead atoms. The molecule has 6 fully saturated rings. The Morgan fingerprint density at radius 1 is 0.825 bits per heavy atom. The summed E-state index contributed by atoms with van der Waals surface area (Å²) in [5.74, 6) is -1.54. The van der Waals surface area contributed by atoms with Crippen molar-refractivity contribution in [1.82, 2.24) is 24.9 Å². The Hall–Kier alpha value is -4.51. The second-order valence-electron chi connectivity index (χ2n) is 17.6. The zero-order valence-electron chi connectivity index (χ0n) is 32.6. The van der Waals surface area contributed by atoms with Gasteiger partial charge in [-0.3, -0.25) is 39.1 Å². The van der Waals surface area contributed by atoms with Crippen molar-refractivity contribution in [3.05, 3.63) is 58.1 Å². The van der Waals surface area contributed by atoms with Crippen LogP contribution in [-0.4, -0.2) is 132 Å². The van der Waals surface area contributed by atoms with Crippen LogP contribution < -0.4 is 15.1 Å². The molecular weight excluding hydrogens is 744 g/mol. The fraction of sp³-hybridized carbons (Fsp3) is 0.581. The number of fused-ring (bicyclic) bond motifs is 1. The third-order valence-electron chi connectivity index (χ3n) is 14.4. The maximum atomic E-state index is 13.7. The Balaban J connectivity index is 0.706. The largest absolute Gasteiger partial charge is 0.368 e. The minimum Gasteiger partial charge on any atom is -0.368 e. The SMILES string of the molecule is CC1CC2(CCN(C3CCC(C(=O)N4CCN(C5CN(c6ccc7c(c6)C(=O)N(C6CCC(=O)NC6=O)C7=O)C5)CC4)CC3)CC2)CN1c1ccc(C#N)c(Cl)c1. The van der Waals surface area contributed by atoms with Gasteiger partial charge < -0.3 is 19.6 Å². The van der Waals surface area contributed by atoms with Crippen LogP contribution in [-0.2, 0) is 14.4 Å². The molecule has 5 saturated heterocycles. The predicted octanol–water partition coefficient (Wildman–Crippen LogP) is 3.89. The van der Waals surface area contributed by atoms with Gasteiger partial charge in [0, 0.05) is 87.7 Å². The molecule has 5 amide bonds. The number of carbonyl (C=O) groups is 5. The summed E-state index contributed by atoms with van der Waals surface area (Å²) < 4.78 is 0. The first kappa shape index (κ1) is 38.0. The van der Waals surface area contributed by atoms with Crippen molar-refractivity contribution < 1.29 is 24.0 Å². The van der Waals surface area contributed by atoms with Gasteiger partial charge >= 0.3 is 0 Å². The van der Waals surface area contributed by atoms with Gasteiger partial charge in [0.2, 0.25) is 17.7 Å². The molecule has 2 aromatic rings. The highest BCUT2D eigenvalue weighted by Gasteiger charge is 2.47. The van der Waals surface area contributed by atoms with E-state index < -0.39 is 29.7 Å². The van der Waals surface area contributed by atoms with Gasteiger partial charge in [-0.25, -0.2) is 0 Å². The molecule has 0 aromatic heterocycles. The lowest BCUT2D eigenvalue weighted by Crippen LogP contribution is -2.64. The van der Waals surface area contributed by atoms with Crippen molar-refractivity contribution in [3.63, 3.8) is 0 Å². The highest BCUT2D eigenvalue weighted by atomic mass is 35.5. The van der Waals surface area contributed by atoms with Crippen LogP contribution in [0.25, 0.3) is 0 Å². The molecule has 1 saturated carbocycles. The second-order valence-corrected chi connectivity index (χ2v) is 18.0. The molecule has 300 valence electrons. The number of hydrogen-bond acceptors (Lipinski definition) is 10. The molecule has 1 N–H and O–H groups in total. The number of piperazine rings is 1. The van der Waals surface area contributed by atoms with E-state index in [1.807, 2.05) is 24.3 Å². The summed E-state index contributed by atoms with van der Waals surface area (Å²) in [6.07, 6.45) is 7.90. The van der Waals surface area contributed by atoms with Gasteiger partial charge in [-0.05, 0) is 113 Å². The Labute approximate surface area is 338 Å². The fourth-order valence-corrected chi connectivity index (χ4v) is 11.2. The quantitative estimate of drug-likeness (QED) is 0.429. The molecular formula is C43H51ClN8O5. The number of nitriles is 1. The van der Waals surface area contributed by atoms with Crippen molar-refractivity contribution >= 4 is 52.5 Å². The third kappa shape index (κ3) is 6.97. The number of likely N-dealkylation sites (tertiary alicyclic amines) is 1. The first-order valence-corrected chi connectivity index (χ1v) is 21.2. The minimum atomic E-state index is -0.973. The predicted molar refractivity (Wildman–Crippen MR) is 214 cm³/mol. The number of hydrogen-bond donors (Lipinski definition) is 1. The number of benzene rings is 2. The van der Waals surface area contributed by atoms with E-state index >= 15 is 0 Å². The number of anilines is 2. The molecule has 1 spiro atoms. The number of rotatable bonds is 6. The average Bonchev–Trinajstić information content (AvgIpc) is 3.65. The Bertz CT molecular complexity index is 2020. The lowest BCUT2D eigenvalue weighted by atomic mass is 9.75. The van der Waals surface area contributed by atoms with Gasteiger partial charge in [0.15, 0.2) is 0 Å². The molecule has 0 radical (unpaired) electrons. The van der Waals surface area contributed by atoms with Crippen molar-refractivity contribution in [2.75, 3.05) is 68.7 Å². The maximum absolute atomic E-state index is 13.7. The number of nitrogens with zero attached hydrogens (tertiary/aromatic N) is 7. The van der Waals surface area contributed by atoms with Crippen molar-refractivity contribution in [1.29, 1.82) is 5.26 Å². The van der Waals surface area contributed by atoms with Crippen molar-refractivity contribution in [2.24, 2.45) is 11.3 Å². The van der Waals surface area contributed by atoms with E-state index in [9.17, 15) is 29.2 Å². The van der Waals surface area contributed by atoms with E-state index in [1.165, 1.54) is 19.3 Å². The van der Waals surface area contributed by atoms with Crippen LogP contribution in [0.15, 0.2) is 36.4 Å². The van der Waals surface area contributed by atoms with Crippen LogP contribution in [0.4, 0.5) is 11.4 Å². The Morgan fingerprint density at radius 2 is 1.51 bits per heavy atom. The first-order chi connectivity index (χ1) is 27.5. The maximum Gasteiger partial charge on any atom is 0.262 e. The average molecular weight is 795 g/mol. The number of carbonyl (C=O) groups excluding carboxylic acids is 5. The fourth-order valence-electron chi connectivity index (χ4n) is 11.0. The van der Waals surface area contributed by atoms with E-state index in [0.29, 0.717) is 51.2 Å². The summed E-state index contributed by atoms with van der Waals surface area (Å²) in [5.41, 5.74) is 3.41. The zero-order chi connectivity index (χ0) is 39.6. The van der Waals surface area contributed by atoms with Gasteiger partial charge in [-0.1, -0.05) is 11.6 Å². The number of nitrogens with one attached hydrogen (secondary N) is 1. The summed E-state index contributed by atoms with van der Waals surface area (Å²) in [4.78, 5) is 77.1. The van der Waals surface area contributed by atoms with Crippen LogP contribution in [0.5, 0.6) is 0 Å². The van der Waals surface area contributed by atoms with Crippen LogP contribution >= 0.6 is 11.6 Å². The van der Waals surface area contributed by atoms with Crippen LogP contribution in [0.2, 0.25) is 5.02 Å². The van der Waals surface area contributed by atoms with Crippen LogP contribution in [0, 0.1) is 22.7 Å². The smallest absolute Gasteiger partial charge is 0.262 e. The molecule has 6 aliphatic heterocycles. The second kappa shape index (κ2) is 15.0. The van der Waals surface area contributed by atoms with Crippen molar-refractivity contribution in [2.45, 2.75) is 88.9 Å². The molecule has 9 rings (SSSR count). The molecule has 2 aromatic carbocycles. The molecule has 1 aliphatic carbocycles. The standard InChI is InChI=1S/C43H51ClN8O5/c1-27-22-43(26-51(27)32-7-4-29(23-45)36(44)21-32)12-14-47(15-13-43)30-5-2-28(3-6-30)40(55)49-18-16-48(17-19-49)33-24-50(25-33)31-8-9-34-35(20-31)42(57)52(41(34)56)37-10-11-38(53)46-39(37)54/h4,7-9,20-21,27-28,30,33,37H,2-3,5-6,10-19,22,24-26H2,1H3,(H,46,53,54). The highest BCUT2D eigenvalue weighted by molar-refractivity contribution is 6.32. The van der Waals surface area contributed by atoms with Crippen LogP contribution in [0.1, 0.15) is 91.0 Å². The summed E-state index contributed by atoms with van der Waals surface area (Å²) in [5, 5.41) is 12.1. The number of piperidine rings is 2. The topological polar surface area (TPSA) is 141 Å².